The Balaban J connectivity index is -0.000000112. The molecule has 0 radical (unpaired) electrons. The van der Waals surface area contributed by atoms with E-state index in [4.69, 9.17) is 5.11 Å². The van der Waals surface area contributed by atoms with Crippen LogP contribution in [0.15, 0.2) is 25.3 Å². The van der Waals surface area contributed by atoms with E-state index in [1.807, 2.05) is 0 Å². The minimum atomic E-state index is -0.981. The van der Waals surface area contributed by atoms with E-state index in [-0.39, 0.29) is 0 Å². The van der Waals surface area contributed by atoms with Gasteiger partial charge in [-0.2, -0.15) is 0 Å². The van der Waals surface area contributed by atoms with Crippen LogP contribution >= 0.6 is 11.6 Å². The van der Waals surface area contributed by atoms with Crippen molar-refractivity contribution in [3.8, 4) is 0 Å². The van der Waals surface area contributed by atoms with Gasteiger partial charge in [0.05, 0.1) is 0 Å². The monoisotopic (exact) mass is 193 g/mol. The van der Waals surface area contributed by atoms with Crippen LogP contribution in [0.25, 0.3) is 0 Å². The molecule has 0 saturated heterocycles. The lowest BCUT2D eigenvalue weighted by molar-refractivity contribution is -0.131. The zero-order chi connectivity index (χ0) is 10.6. The van der Waals surface area contributed by atoms with Gasteiger partial charge in [-0.25, -0.2) is 4.79 Å². The molecule has 0 fully saturated rings. The minimum absolute atomic E-state index is 0.481. The molecule has 0 bridgehead atoms. The molecular formula is C7H12ClNO3. The predicted molar refractivity (Wildman–Crippen MR) is 49.0 cm³/mol. The average Bonchev–Trinajstić information content (AvgIpc) is 2.09. The fraction of sp³-hybridized carbons (Fsp3) is 0.143. The SMILES string of the molecule is C=CC(=O)O.C=CC(N)=O.CCl. The Morgan fingerprint density at radius 1 is 1.33 bits per heavy atom. The van der Waals surface area contributed by atoms with Crippen molar-refractivity contribution in [3.05, 3.63) is 25.3 Å². The van der Waals surface area contributed by atoms with E-state index in [1.54, 1.807) is 0 Å². The molecule has 0 aliphatic rings. The Morgan fingerprint density at radius 3 is 1.50 bits per heavy atom. The number of hydrogen-bond acceptors (Lipinski definition) is 2. The van der Waals surface area contributed by atoms with E-state index in [0.29, 0.717) is 0 Å². The molecule has 0 aromatic carbocycles. The van der Waals surface area contributed by atoms with Gasteiger partial charge in [0.1, 0.15) is 0 Å². The Kier molecular flexibility index (Phi) is 23.2. The Labute approximate surface area is 76.3 Å². The number of aliphatic carboxylic acids is 1. The zero-order valence-corrected chi connectivity index (χ0v) is 7.54. The van der Waals surface area contributed by atoms with E-state index in [1.165, 1.54) is 6.38 Å². The quantitative estimate of drug-likeness (QED) is 0.502. The molecule has 0 spiro atoms. The standard InChI is InChI=1S/C3H5NO.C3H4O2.CH3Cl/c2*1-2-3(4)5;1-2/h2H,1H2,(H2,4,5);2H,1H2,(H,4,5);1H3. The van der Waals surface area contributed by atoms with Crippen molar-refractivity contribution in [2.75, 3.05) is 6.38 Å². The van der Waals surface area contributed by atoms with Crippen LogP contribution in [0.1, 0.15) is 0 Å². The molecule has 0 aliphatic heterocycles. The lowest BCUT2D eigenvalue weighted by atomic mass is 10.6. The normalized spacial score (nSPS) is 5.83. The van der Waals surface area contributed by atoms with Gasteiger partial charge in [0.25, 0.3) is 0 Å². The summed E-state index contributed by atoms with van der Waals surface area (Å²) in [7, 11) is 0. The highest BCUT2D eigenvalue weighted by molar-refractivity contribution is 6.15. The number of amides is 1. The molecule has 0 aromatic rings. The van der Waals surface area contributed by atoms with Gasteiger partial charge in [-0.3, -0.25) is 4.79 Å². The largest absolute Gasteiger partial charge is 0.478 e. The first-order chi connectivity index (χ1) is 5.54. The molecular weight excluding hydrogens is 182 g/mol. The molecule has 3 N–H and O–H groups in total. The topological polar surface area (TPSA) is 80.4 Å². The number of carbonyl (C=O) groups is 2. The summed E-state index contributed by atoms with van der Waals surface area (Å²) in [5.41, 5.74) is 4.53. The van der Waals surface area contributed by atoms with Crippen LogP contribution in [0.4, 0.5) is 0 Å². The summed E-state index contributed by atoms with van der Waals surface area (Å²) in [6, 6.07) is 0. The summed E-state index contributed by atoms with van der Waals surface area (Å²) in [6.45, 7) is 6.05. The maximum atomic E-state index is 9.47. The molecule has 0 heterocycles. The average molecular weight is 194 g/mol. The highest BCUT2D eigenvalue weighted by atomic mass is 35.5. The van der Waals surface area contributed by atoms with Crippen LogP contribution in [0.2, 0.25) is 0 Å². The second kappa shape index (κ2) is 16.4. The van der Waals surface area contributed by atoms with E-state index in [0.717, 1.165) is 12.2 Å². The van der Waals surface area contributed by atoms with Gasteiger partial charge in [0.15, 0.2) is 0 Å². The number of nitrogens with two attached hydrogens (primary N) is 1. The number of rotatable bonds is 2. The Morgan fingerprint density at radius 2 is 1.50 bits per heavy atom. The number of carboxylic acids is 1. The molecule has 0 atom stereocenters. The van der Waals surface area contributed by atoms with Crippen molar-refractivity contribution < 1.29 is 14.7 Å². The molecule has 0 unspecified atom stereocenters. The highest BCUT2D eigenvalue weighted by Gasteiger charge is 1.73. The lowest BCUT2D eigenvalue weighted by Gasteiger charge is -1.65. The van der Waals surface area contributed by atoms with Crippen LogP contribution < -0.4 is 5.73 Å². The second-order valence-corrected chi connectivity index (χ2v) is 1.15. The van der Waals surface area contributed by atoms with Crippen molar-refractivity contribution >= 4 is 23.5 Å². The fourth-order valence-electron chi connectivity index (χ4n) is 0. The van der Waals surface area contributed by atoms with Crippen molar-refractivity contribution in [1.82, 2.24) is 0 Å². The second-order valence-electron chi connectivity index (χ2n) is 1.15. The number of alkyl halides is 1. The molecule has 1 amide bonds. The zero-order valence-electron chi connectivity index (χ0n) is 6.79. The molecule has 0 aliphatic carbocycles. The van der Waals surface area contributed by atoms with Gasteiger partial charge in [0.2, 0.25) is 5.91 Å². The van der Waals surface area contributed by atoms with Crippen molar-refractivity contribution in [2.24, 2.45) is 5.73 Å². The van der Waals surface area contributed by atoms with Crippen molar-refractivity contribution in [2.45, 2.75) is 0 Å². The minimum Gasteiger partial charge on any atom is -0.478 e. The summed E-state index contributed by atoms with van der Waals surface area (Å²) in [6.07, 6.45) is 3.36. The van der Waals surface area contributed by atoms with Gasteiger partial charge in [-0.15, -0.1) is 11.6 Å². The molecule has 5 heteroatoms. The van der Waals surface area contributed by atoms with E-state index < -0.39 is 11.9 Å². The summed E-state index contributed by atoms with van der Waals surface area (Å²) in [5.74, 6) is -1.46. The first kappa shape index (κ1) is 17.0. The van der Waals surface area contributed by atoms with Crippen LogP contribution in [0, 0.1) is 0 Å². The van der Waals surface area contributed by atoms with Crippen molar-refractivity contribution in [3.63, 3.8) is 0 Å². The summed E-state index contributed by atoms with van der Waals surface area (Å²) >= 11 is 4.64. The fourth-order valence-corrected chi connectivity index (χ4v) is 0. The van der Waals surface area contributed by atoms with E-state index in [2.05, 4.69) is 30.5 Å². The highest BCUT2D eigenvalue weighted by Crippen LogP contribution is 1.54. The van der Waals surface area contributed by atoms with Gasteiger partial charge < -0.3 is 10.8 Å². The summed E-state index contributed by atoms with van der Waals surface area (Å²) in [5, 5.41) is 7.60. The van der Waals surface area contributed by atoms with Crippen LogP contribution in [-0.4, -0.2) is 23.4 Å². The Hall–Kier alpha value is -1.29. The molecule has 70 valence electrons. The third kappa shape index (κ3) is 70.5. The van der Waals surface area contributed by atoms with Crippen LogP contribution in [0.3, 0.4) is 0 Å². The predicted octanol–water partition coefficient (Wildman–Crippen LogP) is 0.770. The van der Waals surface area contributed by atoms with Gasteiger partial charge in [-0.1, -0.05) is 13.2 Å². The Bertz CT molecular complexity index is 139. The number of hydrogen-bond donors (Lipinski definition) is 2. The number of carboxylic acid groups (broad SMARTS) is 1. The first-order valence-electron chi connectivity index (χ1n) is 2.69. The molecule has 0 aromatic heterocycles. The third-order valence-corrected chi connectivity index (χ3v) is 0.376. The number of primary amides is 1. The van der Waals surface area contributed by atoms with Crippen molar-refractivity contribution in [1.29, 1.82) is 0 Å². The third-order valence-electron chi connectivity index (χ3n) is 0.376. The molecule has 12 heavy (non-hydrogen) atoms. The molecule has 4 nitrogen and oxygen atoms in total. The van der Waals surface area contributed by atoms with Crippen LogP contribution in [0.5, 0.6) is 0 Å². The number of halogens is 1. The molecule has 0 rings (SSSR count). The van der Waals surface area contributed by atoms with Gasteiger partial charge in [-0.05, 0) is 6.08 Å². The van der Waals surface area contributed by atoms with Gasteiger partial charge in [0, 0.05) is 12.5 Å². The maximum absolute atomic E-state index is 9.47. The number of carbonyl (C=O) groups excluding carboxylic acids is 1. The maximum Gasteiger partial charge on any atom is 0.327 e. The smallest absolute Gasteiger partial charge is 0.327 e. The lowest BCUT2D eigenvalue weighted by Crippen LogP contribution is -2.04. The van der Waals surface area contributed by atoms with E-state index >= 15 is 0 Å². The van der Waals surface area contributed by atoms with Crippen LogP contribution in [-0.2, 0) is 9.59 Å². The summed E-state index contributed by atoms with van der Waals surface area (Å²) in [4.78, 5) is 18.7. The summed E-state index contributed by atoms with van der Waals surface area (Å²) < 4.78 is 0. The first-order valence-corrected chi connectivity index (χ1v) is 3.45. The van der Waals surface area contributed by atoms with E-state index in [9.17, 15) is 9.59 Å². The van der Waals surface area contributed by atoms with Gasteiger partial charge >= 0.3 is 5.97 Å². The molecule has 0 saturated carbocycles.